The SMILES string of the molecule is CNCCOC(=O)Nc1ncnc2c1ncn2[C@@H]1OC2COP(O)(=S)O[C@@H]3C(COP(=O)(S)O[C@H]2[C@H]1F)O[C@@H](n1cnc2c(N)ncnc21)[C@@H]3F. The lowest BCUT2D eigenvalue weighted by molar-refractivity contribution is -0.0564. The monoisotopic (exact) mass is 795 g/mol. The summed E-state index contributed by atoms with van der Waals surface area (Å²) in [5.74, 6) is 0.0137. The van der Waals surface area contributed by atoms with E-state index in [4.69, 9.17) is 49.8 Å². The van der Waals surface area contributed by atoms with Crippen LogP contribution in [0.15, 0.2) is 25.3 Å². The highest BCUT2D eigenvalue weighted by atomic mass is 32.7. The minimum absolute atomic E-state index is 0.0288. The first-order chi connectivity index (χ1) is 24.4. The fraction of sp³-hybridized carbons (Fsp3) is 0.542. The van der Waals surface area contributed by atoms with Crippen molar-refractivity contribution in [2.45, 2.75) is 49.2 Å². The first-order valence-corrected chi connectivity index (χ1v) is 20.2. The number of nitrogens with zero attached hydrogens (tertiary/aromatic N) is 8. The number of hydrogen-bond donors (Lipinski definition) is 5. The zero-order valence-electron chi connectivity index (χ0n) is 26.0. The van der Waals surface area contributed by atoms with Gasteiger partial charge in [-0.15, -0.1) is 0 Å². The zero-order chi connectivity index (χ0) is 36.1. The molecule has 51 heavy (non-hydrogen) atoms. The molecular weight excluding hydrogens is 766 g/mol. The molecule has 0 aliphatic carbocycles. The minimum Gasteiger partial charge on any atom is -0.448 e. The molecule has 0 saturated carbocycles. The molecule has 3 saturated heterocycles. The molecular formula is C24H29F2N11O10P2S2. The van der Waals surface area contributed by atoms with Gasteiger partial charge in [-0.3, -0.25) is 28.0 Å². The maximum absolute atomic E-state index is 16.3. The van der Waals surface area contributed by atoms with Crippen LogP contribution in [0.5, 0.6) is 0 Å². The molecule has 7 rings (SSSR count). The summed E-state index contributed by atoms with van der Waals surface area (Å²) < 4.78 is 87.2. The third kappa shape index (κ3) is 7.30. The number of aromatic nitrogens is 8. The smallest absolute Gasteiger partial charge is 0.412 e. The van der Waals surface area contributed by atoms with Crippen molar-refractivity contribution in [1.29, 1.82) is 0 Å². The van der Waals surface area contributed by atoms with Gasteiger partial charge in [0, 0.05) is 6.54 Å². The van der Waals surface area contributed by atoms with E-state index in [2.05, 4.69) is 52.8 Å². The number of rotatable bonds is 6. The number of likely N-dealkylation sites (N-methyl/N-ethyl adjacent to an activating group) is 1. The minimum atomic E-state index is -4.45. The number of amides is 1. The van der Waals surface area contributed by atoms with Crippen molar-refractivity contribution in [3.8, 4) is 0 Å². The number of anilines is 2. The van der Waals surface area contributed by atoms with E-state index in [1.807, 2.05) is 0 Å². The molecule has 27 heteroatoms. The van der Waals surface area contributed by atoms with E-state index in [1.165, 1.54) is 21.8 Å². The normalized spacial score (nSPS) is 34.5. The largest absolute Gasteiger partial charge is 0.448 e. The van der Waals surface area contributed by atoms with E-state index in [0.29, 0.717) is 6.54 Å². The summed E-state index contributed by atoms with van der Waals surface area (Å²) in [4.78, 5) is 47.6. The maximum Gasteiger partial charge on any atom is 0.412 e. The van der Waals surface area contributed by atoms with Gasteiger partial charge in [-0.1, -0.05) is 12.2 Å². The fourth-order valence-electron chi connectivity index (χ4n) is 5.62. The molecule has 5 N–H and O–H groups in total. The van der Waals surface area contributed by atoms with Gasteiger partial charge in [0.05, 0.1) is 25.9 Å². The molecule has 0 radical (unpaired) electrons. The zero-order valence-corrected chi connectivity index (χ0v) is 29.5. The molecule has 3 fully saturated rings. The number of ether oxygens (including phenoxy) is 3. The molecule has 4 aromatic rings. The maximum atomic E-state index is 16.3. The van der Waals surface area contributed by atoms with Crippen molar-refractivity contribution in [2.75, 3.05) is 44.5 Å². The fourth-order valence-corrected chi connectivity index (χ4v) is 8.54. The van der Waals surface area contributed by atoms with E-state index >= 15 is 8.78 Å². The third-order valence-corrected chi connectivity index (χ3v) is 11.1. The van der Waals surface area contributed by atoms with Crippen LogP contribution in [0.1, 0.15) is 12.5 Å². The Morgan fingerprint density at radius 3 is 2.25 bits per heavy atom. The van der Waals surface area contributed by atoms with Gasteiger partial charge in [0.1, 0.15) is 49.2 Å². The molecule has 4 aromatic heterocycles. The second-order valence-corrected chi connectivity index (χ2v) is 16.8. The van der Waals surface area contributed by atoms with E-state index in [-0.39, 0.29) is 40.6 Å². The standard InChI is InChI=1S/C24H29F2N11O10P2S2/c1-28-2-3-41-24(38)35-19-15-21(32-7-30-19)37(9-34-15)23-13(26)17-11(45-23)5-43-48(39,50)46-16-10(4-42-49(40,51)47-17)44-22(12(16)25)36-8-33-14-18(27)29-6-31-20(14)36/h6-13,16-17,22-23,28H,2-5H2,1H3,(H,39,50)(H,40,51)(H2,27,29,31)(H,30,32,35,38)/t10?,11?,12-,13-,16-,17-,22-,23-,48?,49?/m1/s1. The topological polar surface area (TPSA) is 256 Å². The summed E-state index contributed by atoms with van der Waals surface area (Å²) in [6.45, 7) is -9.61. The molecule has 3 aliphatic heterocycles. The lowest BCUT2D eigenvalue weighted by Crippen LogP contribution is -2.37. The third-order valence-electron chi connectivity index (χ3n) is 7.95. The highest BCUT2D eigenvalue weighted by Gasteiger charge is 2.54. The number of halogens is 2. The Balaban J connectivity index is 1.11. The summed E-state index contributed by atoms with van der Waals surface area (Å²) in [7, 11) is 1.69. The molecule has 0 spiro atoms. The molecule has 1 amide bonds. The average Bonchev–Trinajstić information content (AvgIpc) is 3.85. The quantitative estimate of drug-likeness (QED) is 0.105. The van der Waals surface area contributed by atoms with Crippen LogP contribution in [0, 0.1) is 0 Å². The van der Waals surface area contributed by atoms with Crippen LogP contribution in [0.3, 0.4) is 0 Å². The van der Waals surface area contributed by atoms with Crippen LogP contribution in [0.4, 0.5) is 25.2 Å². The Kier molecular flexibility index (Phi) is 10.3. The molecule has 276 valence electrons. The van der Waals surface area contributed by atoms with Crippen molar-refractivity contribution in [3.05, 3.63) is 25.3 Å². The number of hydrogen-bond acceptors (Lipinski definition) is 18. The molecule has 0 bridgehead atoms. The van der Waals surface area contributed by atoms with Crippen molar-refractivity contribution in [2.24, 2.45) is 0 Å². The lowest BCUT2D eigenvalue weighted by atomic mass is 10.1. The van der Waals surface area contributed by atoms with Gasteiger partial charge in [-0.25, -0.2) is 48.0 Å². The van der Waals surface area contributed by atoms with Crippen LogP contribution in [0.2, 0.25) is 0 Å². The van der Waals surface area contributed by atoms with Gasteiger partial charge in [-0.05, 0) is 18.9 Å². The predicted octanol–water partition coefficient (Wildman–Crippen LogP) is 1.56. The number of nitrogens with two attached hydrogens (primary N) is 1. The number of nitrogen functional groups attached to an aromatic ring is 1. The van der Waals surface area contributed by atoms with Gasteiger partial charge >= 0.3 is 19.6 Å². The number of imidazole rings is 2. The second kappa shape index (κ2) is 14.4. The Morgan fingerprint density at radius 2 is 1.59 bits per heavy atom. The van der Waals surface area contributed by atoms with Crippen LogP contribution in [-0.2, 0) is 48.7 Å². The summed E-state index contributed by atoms with van der Waals surface area (Å²) >= 11 is 9.21. The van der Waals surface area contributed by atoms with Crippen molar-refractivity contribution >= 4 is 77.6 Å². The molecule has 10 atom stereocenters. The molecule has 21 nitrogen and oxygen atoms in total. The van der Waals surface area contributed by atoms with Crippen LogP contribution < -0.4 is 16.4 Å². The summed E-state index contributed by atoms with van der Waals surface area (Å²) in [5.41, 5.74) is 6.27. The van der Waals surface area contributed by atoms with Crippen molar-refractivity contribution in [3.63, 3.8) is 0 Å². The number of alkyl halides is 2. The first-order valence-electron chi connectivity index (χ1n) is 14.9. The Labute approximate surface area is 295 Å². The van der Waals surface area contributed by atoms with Gasteiger partial charge in [-0.2, -0.15) is 0 Å². The highest BCUT2D eigenvalue weighted by Crippen LogP contribution is 2.58. The predicted molar refractivity (Wildman–Crippen MR) is 176 cm³/mol. The second-order valence-electron chi connectivity index (χ2n) is 11.2. The number of fused-ring (bicyclic) bond motifs is 4. The molecule has 3 aliphatic rings. The van der Waals surface area contributed by atoms with Crippen LogP contribution in [-0.4, -0.2) is 120 Å². The van der Waals surface area contributed by atoms with E-state index in [9.17, 15) is 14.3 Å². The van der Waals surface area contributed by atoms with Crippen LogP contribution >= 0.6 is 25.8 Å². The Hall–Kier alpha value is -3.06. The van der Waals surface area contributed by atoms with E-state index in [0.717, 1.165) is 12.7 Å². The van der Waals surface area contributed by atoms with Gasteiger partial charge < -0.3 is 34.7 Å². The van der Waals surface area contributed by atoms with Crippen molar-refractivity contribution < 1.29 is 55.3 Å². The van der Waals surface area contributed by atoms with E-state index < -0.39 is 82.0 Å². The summed E-state index contributed by atoms with van der Waals surface area (Å²) in [5, 5.41) is 5.28. The Morgan fingerprint density at radius 1 is 1.00 bits per heavy atom. The lowest BCUT2D eigenvalue weighted by Gasteiger charge is -2.29. The summed E-state index contributed by atoms with van der Waals surface area (Å²) in [6, 6.07) is 0. The number of nitrogens with one attached hydrogen (secondary N) is 2. The summed E-state index contributed by atoms with van der Waals surface area (Å²) in [6.07, 6.45) is -9.34. The average molecular weight is 796 g/mol. The number of carbonyl (C=O) groups excluding carboxylic acids is 1. The number of carbonyl (C=O) groups is 1. The van der Waals surface area contributed by atoms with E-state index in [1.54, 1.807) is 7.05 Å². The molecule has 7 heterocycles. The highest BCUT2D eigenvalue weighted by molar-refractivity contribution is 8.44. The van der Waals surface area contributed by atoms with Gasteiger partial charge in [0.15, 0.2) is 53.2 Å². The Bertz CT molecular complexity index is 2030. The molecule has 4 unspecified atom stereocenters. The first kappa shape index (κ1) is 36.3. The van der Waals surface area contributed by atoms with Crippen LogP contribution in [0.25, 0.3) is 22.3 Å². The number of thiol groups is 1. The van der Waals surface area contributed by atoms with Crippen molar-refractivity contribution in [1.82, 2.24) is 44.4 Å². The van der Waals surface area contributed by atoms with Gasteiger partial charge in [0.2, 0.25) is 0 Å². The van der Waals surface area contributed by atoms with Gasteiger partial charge in [0.25, 0.3) is 0 Å². The molecule has 0 aromatic carbocycles.